The molecule has 2 amide bonds. The van der Waals surface area contributed by atoms with E-state index in [9.17, 15) is 14.0 Å². The first-order chi connectivity index (χ1) is 15.1. The summed E-state index contributed by atoms with van der Waals surface area (Å²) in [6.45, 7) is 1.18. The number of carbonyl (C=O) groups is 2. The van der Waals surface area contributed by atoms with Crippen LogP contribution in [-0.4, -0.2) is 34.8 Å². The summed E-state index contributed by atoms with van der Waals surface area (Å²) in [5.74, 6) is -0.348. The lowest BCUT2D eigenvalue weighted by molar-refractivity contribution is -0.126. The quantitative estimate of drug-likeness (QED) is 0.652. The zero-order chi connectivity index (χ0) is 21.6. The first-order valence-corrected chi connectivity index (χ1v) is 10.1. The molecule has 7 nitrogen and oxygen atoms in total. The summed E-state index contributed by atoms with van der Waals surface area (Å²) in [4.78, 5) is 31.2. The molecule has 0 aliphatic carbocycles. The topological polar surface area (TPSA) is 84.7 Å². The van der Waals surface area contributed by atoms with Gasteiger partial charge in [0.25, 0.3) is 5.91 Å². The van der Waals surface area contributed by atoms with E-state index in [1.807, 2.05) is 0 Å². The molecule has 1 aromatic carbocycles. The predicted octanol–water partition coefficient (Wildman–Crippen LogP) is 3.77. The van der Waals surface area contributed by atoms with Gasteiger partial charge in [-0.25, -0.2) is 9.37 Å². The summed E-state index contributed by atoms with van der Waals surface area (Å²) in [6, 6.07) is 10.9. The van der Waals surface area contributed by atoms with Crippen LogP contribution in [0.4, 0.5) is 4.39 Å². The van der Waals surface area contributed by atoms with Gasteiger partial charge in [-0.3, -0.25) is 9.59 Å². The van der Waals surface area contributed by atoms with Crippen LogP contribution < -0.4 is 10.1 Å². The van der Waals surface area contributed by atoms with Crippen LogP contribution in [0.15, 0.2) is 65.6 Å². The second-order valence-corrected chi connectivity index (χ2v) is 7.35. The van der Waals surface area contributed by atoms with E-state index >= 15 is 0 Å². The summed E-state index contributed by atoms with van der Waals surface area (Å²) >= 11 is 0. The minimum atomic E-state index is -0.407. The molecule has 31 heavy (non-hydrogen) atoms. The predicted molar refractivity (Wildman–Crippen MR) is 110 cm³/mol. The summed E-state index contributed by atoms with van der Waals surface area (Å²) in [7, 11) is 0. The Morgan fingerprint density at radius 2 is 2.16 bits per heavy atom. The molecule has 0 saturated carbocycles. The molecule has 1 N–H and O–H groups in total. The summed E-state index contributed by atoms with van der Waals surface area (Å²) < 4.78 is 24.1. The number of ether oxygens (including phenoxy) is 1. The van der Waals surface area contributed by atoms with Gasteiger partial charge < -0.3 is 19.4 Å². The van der Waals surface area contributed by atoms with Crippen molar-refractivity contribution in [2.75, 3.05) is 13.1 Å². The van der Waals surface area contributed by atoms with Crippen molar-refractivity contribution >= 4 is 11.8 Å². The molecule has 0 radical (unpaired) electrons. The average Bonchev–Trinajstić information content (AvgIpc) is 3.33. The number of halogens is 1. The van der Waals surface area contributed by atoms with Crippen LogP contribution in [0.25, 0.3) is 0 Å². The molecule has 8 heteroatoms. The SMILES string of the molecule is O=C(NCc1cccnc1Oc1cccc(F)c1)C1CCCN(C(=O)c2ccoc2)C1. The van der Waals surface area contributed by atoms with Crippen LogP contribution in [0.1, 0.15) is 28.8 Å². The van der Waals surface area contributed by atoms with E-state index in [1.165, 1.54) is 24.7 Å². The largest absolute Gasteiger partial charge is 0.472 e. The van der Waals surface area contributed by atoms with Crippen LogP contribution in [0.5, 0.6) is 11.6 Å². The molecular formula is C23H22FN3O4. The van der Waals surface area contributed by atoms with E-state index in [0.29, 0.717) is 42.3 Å². The van der Waals surface area contributed by atoms with E-state index in [1.54, 1.807) is 41.4 Å². The van der Waals surface area contributed by atoms with Gasteiger partial charge in [-0.2, -0.15) is 0 Å². The van der Waals surface area contributed by atoms with Crippen molar-refractivity contribution in [1.29, 1.82) is 0 Å². The molecule has 1 aliphatic rings. The number of aromatic nitrogens is 1. The fourth-order valence-corrected chi connectivity index (χ4v) is 3.56. The Labute approximate surface area is 178 Å². The first kappa shape index (κ1) is 20.6. The van der Waals surface area contributed by atoms with Crippen molar-refractivity contribution in [3.63, 3.8) is 0 Å². The molecule has 1 fully saturated rings. The number of carbonyl (C=O) groups excluding carboxylic acids is 2. The Balaban J connectivity index is 1.37. The van der Waals surface area contributed by atoms with Crippen LogP contribution >= 0.6 is 0 Å². The lowest BCUT2D eigenvalue weighted by Crippen LogP contribution is -2.45. The minimum absolute atomic E-state index is 0.134. The van der Waals surface area contributed by atoms with Crippen molar-refractivity contribution in [1.82, 2.24) is 15.2 Å². The van der Waals surface area contributed by atoms with E-state index in [-0.39, 0.29) is 24.3 Å². The standard InChI is InChI=1S/C23H22FN3O4/c24-19-6-1-7-20(12-19)31-22-16(4-2-9-25-22)13-26-21(28)17-5-3-10-27(14-17)23(29)18-8-11-30-15-18/h1-2,4,6-9,11-12,15,17H,3,5,10,13-14H2,(H,26,28). The number of nitrogens with zero attached hydrogens (tertiary/aromatic N) is 2. The number of nitrogens with one attached hydrogen (secondary N) is 1. The average molecular weight is 423 g/mol. The van der Waals surface area contributed by atoms with Crippen molar-refractivity contribution in [2.45, 2.75) is 19.4 Å². The van der Waals surface area contributed by atoms with Gasteiger partial charge in [0.05, 0.1) is 17.7 Å². The zero-order valence-corrected chi connectivity index (χ0v) is 16.8. The Morgan fingerprint density at radius 1 is 1.26 bits per heavy atom. The minimum Gasteiger partial charge on any atom is -0.472 e. The highest BCUT2D eigenvalue weighted by Gasteiger charge is 2.29. The molecule has 1 aliphatic heterocycles. The molecule has 1 atom stereocenters. The highest BCUT2D eigenvalue weighted by atomic mass is 19.1. The number of hydrogen-bond acceptors (Lipinski definition) is 5. The van der Waals surface area contributed by atoms with Gasteiger partial charge in [-0.15, -0.1) is 0 Å². The molecule has 4 rings (SSSR count). The number of benzene rings is 1. The number of piperidine rings is 1. The third-order valence-electron chi connectivity index (χ3n) is 5.16. The maximum atomic E-state index is 13.4. The normalized spacial score (nSPS) is 16.0. The van der Waals surface area contributed by atoms with Gasteiger partial charge in [-0.1, -0.05) is 12.1 Å². The molecule has 1 saturated heterocycles. The molecule has 3 heterocycles. The molecule has 3 aromatic rings. The summed E-state index contributed by atoms with van der Waals surface area (Å²) in [5, 5.41) is 2.91. The highest BCUT2D eigenvalue weighted by Crippen LogP contribution is 2.24. The van der Waals surface area contributed by atoms with Gasteiger partial charge in [0.2, 0.25) is 11.8 Å². The monoisotopic (exact) mass is 423 g/mol. The van der Waals surface area contributed by atoms with E-state index < -0.39 is 5.82 Å². The van der Waals surface area contributed by atoms with Crippen LogP contribution in [0.2, 0.25) is 0 Å². The molecule has 0 bridgehead atoms. The smallest absolute Gasteiger partial charge is 0.257 e. The molecule has 0 spiro atoms. The third kappa shape index (κ3) is 5.09. The molecule has 160 valence electrons. The summed E-state index contributed by atoms with van der Waals surface area (Å²) in [6.07, 6.45) is 5.90. The number of amides is 2. The second kappa shape index (κ2) is 9.42. The van der Waals surface area contributed by atoms with Gasteiger partial charge in [0, 0.05) is 37.5 Å². The number of pyridine rings is 1. The zero-order valence-electron chi connectivity index (χ0n) is 16.8. The summed E-state index contributed by atoms with van der Waals surface area (Å²) in [5.41, 5.74) is 1.15. The fraction of sp³-hybridized carbons (Fsp3) is 0.261. The Hall–Kier alpha value is -3.68. The van der Waals surface area contributed by atoms with Crippen molar-refractivity contribution in [2.24, 2.45) is 5.92 Å². The van der Waals surface area contributed by atoms with Crippen molar-refractivity contribution < 1.29 is 23.1 Å². The molecule has 2 aromatic heterocycles. The lowest BCUT2D eigenvalue weighted by atomic mass is 9.96. The molecular weight excluding hydrogens is 401 g/mol. The molecule has 1 unspecified atom stereocenters. The first-order valence-electron chi connectivity index (χ1n) is 10.1. The maximum absolute atomic E-state index is 13.4. The van der Waals surface area contributed by atoms with E-state index in [2.05, 4.69) is 10.3 Å². The van der Waals surface area contributed by atoms with Gasteiger partial charge in [0.15, 0.2) is 0 Å². The Bertz CT molecular complexity index is 1050. The number of hydrogen-bond donors (Lipinski definition) is 1. The third-order valence-corrected chi connectivity index (χ3v) is 5.16. The number of furan rings is 1. The van der Waals surface area contributed by atoms with Crippen LogP contribution in [0.3, 0.4) is 0 Å². The second-order valence-electron chi connectivity index (χ2n) is 7.35. The van der Waals surface area contributed by atoms with E-state index in [0.717, 1.165) is 6.42 Å². The number of likely N-dealkylation sites (tertiary alicyclic amines) is 1. The Kier molecular flexibility index (Phi) is 6.26. The van der Waals surface area contributed by atoms with Gasteiger partial charge in [0.1, 0.15) is 17.8 Å². The van der Waals surface area contributed by atoms with Gasteiger partial charge in [-0.05, 0) is 37.1 Å². The fourth-order valence-electron chi connectivity index (χ4n) is 3.56. The Morgan fingerprint density at radius 3 is 2.97 bits per heavy atom. The maximum Gasteiger partial charge on any atom is 0.257 e. The van der Waals surface area contributed by atoms with Gasteiger partial charge >= 0.3 is 0 Å². The lowest BCUT2D eigenvalue weighted by Gasteiger charge is -2.31. The van der Waals surface area contributed by atoms with Crippen molar-refractivity contribution in [3.05, 3.63) is 78.1 Å². The van der Waals surface area contributed by atoms with E-state index in [4.69, 9.17) is 9.15 Å². The highest BCUT2D eigenvalue weighted by molar-refractivity contribution is 5.94. The number of rotatable bonds is 6. The van der Waals surface area contributed by atoms with Crippen molar-refractivity contribution in [3.8, 4) is 11.6 Å². The van der Waals surface area contributed by atoms with Crippen LogP contribution in [-0.2, 0) is 11.3 Å². The van der Waals surface area contributed by atoms with Crippen LogP contribution in [0, 0.1) is 11.7 Å².